The van der Waals surface area contributed by atoms with Crippen LogP contribution in [0.3, 0.4) is 0 Å². The van der Waals surface area contributed by atoms with Crippen LogP contribution in [-0.4, -0.2) is 43.6 Å². The van der Waals surface area contributed by atoms with Gasteiger partial charge in [0.25, 0.3) is 0 Å². The van der Waals surface area contributed by atoms with Crippen molar-refractivity contribution in [2.24, 2.45) is 16.6 Å². The van der Waals surface area contributed by atoms with Crippen LogP contribution in [0.1, 0.15) is 26.7 Å². The van der Waals surface area contributed by atoms with Crippen LogP contribution in [0.15, 0.2) is 29.3 Å². The number of guanidine groups is 1. The molecule has 130 valence electrons. The first-order chi connectivity index (χ1) is 10.6. The third-order valence-corrected chi connectivity index (χ3v) is 4.14. The molecule has 5 nitrogen and oxygen atoms in total. The molecule has 0 bridgehead atoms. The molecule has 6 heteroatoms. The predicted octanol–water partition coefficient (Wildman–Crippen LogP) is 3.16. The van der Waals surface area contributed by atoms with E-state index in [-0.39, 0.29) is 24.0 Å². The summed E-state index contributed by atoms with van der Waals surface area (Å²) in [6, 6.07) is 8.30. The van der Waals surface area contributed by atoms with Crippen molar-refractivity contribution < 1.29 is 4.74 Å². The van der Waals surface area contributed by atoms with Crippen LogP contribution in [0.2, 0.25) is 0 Å². The van der Waals surface area contributed by atoms with Crippen LogP contribution in [0, 0.1) is 5.92 Å². The fraction of sp³-hybridized carbons (Fsp3) is 0.588. The molecule has 1 aromatic rings. The van der Waals surface area contributed by atoms with E-state index in [0.29, 0.717) is 17.9 Å². The molecule has 2 rings (SSSR count). The topological polar surface area (TPSA) is 62.9 Å². The molecule has 0 aromatic heterocycles. The Kier molecular flexibility index (Phi) is 8.68. The van der Waals surface area contributed by atoms with Gasteiger partial charge in [-0.1, -0.05) is 6.07 Å². The number of aliphatic imine (C=N–C) groups is 1. The van der Waals surface area contributed by atoms with Crippen molar-refractivity contribution >= 4 is 35.6 Å². The molecule has 0 radical (unpaired) electrons. The van der Waals surface area contributed by atoms with Crippen molar-refractivity contribution in [2.75, 3.05) is 32.1 Å². The van der Waals surface area contributed by atoms with Gasteiger partial charge in [0.1, 0.15) is 5.75 Å². The number of halogens is 1. The maximum Gasteiger partial charge on any atom is 0.193 e. The first kappa shape index (κ1) is 20.0. The molecule has 1 fully saturated rings. The molecule has 1 unspecified atom stereocenters. The van der Waals surface area contributed by atoms with Gasteiger partial charge in [-0.25, -0.2) is 0 Å². The van der Waals surface area contributed by atoms with E-state index in [4.69, 9.17) is 10.5 Å². The van der Waals surface area contributed by atoms with Crippen LogP contribution in [0.5, 0.6) is 5.75 Å². The summed E-state index contributed by atoms with van der Waals surface area (Å²) in [7, 11) is 1.65. The lowest BCUT2D eigenvalue weighted by atomic mass is 9.97. The summed E-state index contributed by atoms with van der Waals surface area (Å²) in [5.41, 5.74) is 6.89. The maximum absolute atomic E-state index is 5.99. The predicted molar refractivity (Wildman–Crippen MR) is 108 cm³/mol. The number of anilines is 1. The van der Waals surface area contributed by atoms with Crippen LogP contribution < -0.4 is 15.8 Å². The van der Waals surface area contributed by atoms with Crippen LogP contribution in [0.4, 0.5) is 5.69 Å². The average Bonchev–Trinajstić information content (AvgIpc) is 2.53. The van der Waals surface area contributed by atoms with E-state index in [1.165, 1.54) is 19.4 Å². The number of nitrogens with one attached hydrogen (secondary N) is 1. The largest absolute Gasteiger partial charge is 0.497 e. The van der Waals surface area contributed by atoms with Crippen LogP contribution >= 0.6 is 24.0 Å². The molecule has 1 aliphatic rings. The second-order valence-corrected chi connectivity index (χ2v) is 6.18. The lowest BCUT2D eigenvalue weighted by molar-refractivity contribution is 0.143. The number of methoxy groups -OCH3 is 1. The van der Waals surface area contributed by atoms with Gasteiger partial charge in [0.2, 0.25) is 0 Å². The van der Waals surface area contributed by atoms with E-state index < -0.39 is 0 Å². The zero-order valence-corrected chi connectivity index (χ0v) is 16.6. The van der Waals surface area contributed by atoms with Crippen molar-refractivity contribution in [3.63, 3.8) is 0 Å². The molecular weight excluding hydrogens is 403 g/mol. The van der Waals surface area contributed by atoms with E-state index in [9.17, 15) is 0 Å². The summed E-state index contributed by atoms with van der Waals surface area (Å²) >= 11 is 0. The average molecular weight is 432 g/mol. The van der Waals surface area contributed by atoms with Gasteiger partial charge in [0.05, 0.1) is 7.11 Å². The third-order valence-electron chi connectivity index (χ3n) is 4.14. The molecule has 0 saturated carbocycles. The highest BCUT2D eigenvalue weighted by atomic mass is 127. The maximum atomic E-state index is 5.99. The normalized spacial score (nSPS) is 19.3. The summed E-state index contributed by atoms with van der Waals surface area (Å²) in [6.45, 7) is 7.61. The molecule has 23 heavy (non-hydrogen) atoms. The number of hydrogen-bond acceptors (Lipinski definition) is 3. The molecule has 1 atom stereocenters. The Hall–Kier alpha value is -1.02. The van der Waals surface area contributed by atoms with E-state index in [1.807, 2.05) is 24.3 Å². The molecule has 0 aliphatic carbocycles. The van der Waals surface area contributed by atoms with Crippen molar-refractivity contribution in [3.8, 4) is 5.75 Å². The summed E-state index contributed by atoms with van der Waals surface area (Å²) in [5, 5.41) is 3.12. The Morgan fingerprint density at radius 2 is 2.26 bits per heavy atom. The molecule has 1 saturated heterocycles. The van der Waals surface area contributed by atoms with Crippen molar-refractivity contribution in [2.45, 2.75) is 32.7 Å². The first-order valence-electron chi connectivity index (χ1n) is 8.03. The minimum absolute atomic E-state index is 0. The summed E-state index contributed by atoms with van der Waals surface area (Å²) in [5.74, 6) is 1.87. The lowest BCUT2D eigenvalue weighted by Crippen LogP contribution is -2.41. The van der Waals surface area contributed by atoms with Gasteiger partial charge in [0.15, 0.2) is 5.96 Å². The highest BCUT2D eigenvalue weighted by Crippen LogP contribution is 2.19. The number of likely N-dealkylation sites (tertiary alicyclic amines) is 1. The Morgan fingerprint density at radius 1 is 1.48 bits per heavy atom. The highest BCUT2D eigenvalue weighted by molar-refractivity contribution is 14.0. The van der Waals surface area contributed by atoms with Crippen molar-refractivity contribution in [1.29, 1.82) is 0 Å². The Bertz CT molecular complexity index is 507. The number of nitrogens with zero attached hydrogens (tertiary/aromatic N) is 2. The number of rotatable bonds is 5. The quantitative estimate of drug-likeness (QED) is 0.426. The molecular formula is C17H29IN4O. The number of hydrogen-bond donors (Lipinski definition) is 2. The van der Waals surface area contributed by atoms with Gasteiger partial charge >= 0.3 is 0 Å². The third kappa shape index (κ3) is 6.55. The van der Waals surface area contributed by atoms with E-state index in [2.05, 4.69) is 29.1 Å². The zero-order valence-electron chi connectivity index (χ0n) is 14.3. The molecule has 1 heterocycles. The van der Waals surface area contributed by atoms with Gasteiger partial charge in [-0.15, -0.1) is 24.0 Å². The SMILES string of the molecule is COc1cccc(NC(N)=NCC2CCCN(C(C)C)C2)c1.I. The van der Waals surface area contributed by atoms with Crippen molar-refractivity contribution in [1.82, 2.24) is 4.90 Å². The summed E-state index contributed by atoms with van der Waals surface area (Å²) < 4.78 is 5.20. The molecule has 0 spiro atoms. The lowest BCUT2D eigenvalue weighted by Gasteiger charge is -2.34. The number of ether oxygens (including phenoxy) is 1. The Morgan fingerprint density at radius 3 is 2.96 bits per heavy atom. The fourth-order valence-electron chi connectivity index (χ4n) is 2.83. The first-order valence-corrected chi connectivity index (χ1v) is 8.03. The number of benzene rings is 1. The Labute approximate surface area is 156 Å². The van der Waals surface area contributed by atoms with Crippen LogP contribution in [-0.2, 0) is 0 Å². The second-order valence-electron chi connectivity index (χ2n) is 6.18. The van der Waals surface area contributed by atoms with Crippen molar-refractivity contribution in [3.05, 3.63) is 24.3 Å². The van der Waals surface area contributed by atoms with Gasteiger partial charge in [-0.3, -0.25) is 4.99 Å². The number of piperidine rings is 1. The molecule has 3 N–H and O–H groups in total. The Balaban J connectivity index is 0.00000264. The van der Waals surface area contributed by atoms with E-state index in [1.54, 1.807) is 7.11 Å². The molecule has 0 amide bonds. The number of nitrogens with two attached hydrogens (primary N) is 1. The van der Waals surface area contributed by atoms with Gasteiger partial charge in [-0.05, 0) is 51.3 Å². The van der Waals surface area contributed by atoms with Gasteiger partial charge < -0.3 is 20.7 Å². The minimum atomic E-state index is 0. The van der Waals surface area contributed by atoms with Crippen LogP contribution in [0.25, 0.3) is 0 Å². The molecule has 1 aliphatic heterocycles. The smallest absolute Gasteiger partial charge is 0.193 e. The van der Waals surface area contributed by atoms with Gasteiger partial charge in [0, 0.05) is 30.9 Å². The fourth-order valence-corrected chi connectivity index (χ4v) is 2.83. The standard InChI is InChI=1S/C17H28N4O.HI/c1-13(2)21-9-5-6-14(12-21)11-19-17(18)20-15-7-4-8-16(10-15)22-3;/h4,7-8,10,13-14H,5-6,9,11-12H2,1-3H3,(H3,18,19,20);1H. The minimum Gasteiger partial charge on any atom is -0.497 e. The summed E-state index contributed by atoms with van der Waals surface area (Å²) in [6.07, 6.45) is 2.49. The van der Waals surface area contributed by atoms with Gasteiger partial charge in [-0.2, -0.15) is 0 Å². The zero-order chi connectivity index (χ0) is 15.9. The highest BCUT2D eigenvalue weighted by Gasteiger charge is 2.21. The summed E-state index contributed by atoms with van der Waals surface area (Å²) in [4.78, 5) is 7.03. The van der Waals surface area contributed by atoms with E-state index >= 15 is 0 Å². The monoisotopic (exact) mass is 432 g/mol. The van der Waals surface area contributed by atoms with E-state index in [0.717, 1.165) is 24.5 Å². The molecule has 1 aromatic carbocycles. The second kappa shape index (κ2) is 9.97.